The van der Waals surface area contributed by atoms with Crippen LogP contribution in [0.15, 0.2) is 0 Å². The number of piperidine rings is 1. The summed E-state index contributed by atoms with van der Waals surface area (Å²) >= 11 is 3.96. The highest BCUT2D eigenvalue weighted by Crippen LogP contribution is 2.15. The molecule has 4 heteroatoms. The van der Waals surface area contributed by atoms with Crippen LogP contribution in [0.4, 0.5) is 0 Å². The van der Waals surface area contributed by atoms with Crippen LogP contribution in [0.2, 0.25) is 0 Å². The Bertz CT molecular complexity index is 163. The lowest BCUT2D eigenvalue weighted by molar-refractivity contribution is -0.130. The topological polar surface area (TPSA) is 46.3 Å². The number of hydrogen-bond acceptors (Lipinski definition) is 3. The van der Waals surface area contributed by atoms with Crippen molar-refractivity contribution in [3.63, 3.8) is 0 Å². The maximum absolute atomic E-state index is 11.2. The number of hydrogen-bond donors (Lipinski definition) is 2. The summed E-state index contributed by atoms with van der Waals surface area (Å²) in [5, 5.41) is 0. The monoisotopic (exact) mass is 188 g/mol. The Kier molecular flexibility index (Phi) is 3.88. The zero-order valence-electron chi connectivity index (χ0n) is 7.20. The van der Waals surface area contributed by atoms with E-state index < -0.39 is 0 Å². The molecule has 1 aliphatic rings. The van der Waals surface area contributed by atoms with Crippen molar-refractivity contribution in [2.45, 2.75) is 12.8 Å². The van der Waals surface area contributed by atoms with Crippen LogP contribution in [-0.4, -0.2) is 36.2 Å². The number of nitrogens with two attached hydrogens (primary N) is 1. The molecule has 0 radical (unpaired) electrons. The fraction of sp³-hybridized carbons (Fsp3) is 0.875. The van der Waals surface area contributed by atoms with Gasteiger partial charge in [0.25, 0.3) is 0 Å². The van der Waals surface area contributed by atoms with Gasteiger partial charge in [0, 0.05) is 13.1 Å². The number of carbonyl (C=O) groups is 1. The molecular formula is C8H16N2OS. The van der Waals surface area contributed by atoms with Gasteiger partial charge < -0.3 is 10.6 Å². The van der Waals surface area contributed by atoms with Gasteiger partial charge >= 0.3 is 0 Å². The van der Waals surface area contributed by atoms with E-state index in [0.717, 1.165) is 25.9 Å². The predicted octanol–water partition coefficient (Wildman–Crippen LogP) is 0.114. The van der Waals surface area contributed by atoms with E-state index in [1.807, 2.05) is 4.90 Å². The summed E-state index contributed by atoms with van der Waals surface area (Å²) in [6, 6.07) is 0. The lowest BCUT2D eigenvalue weighted by Gasteiger charge is -2.31. The SMILES string of the molecule is NCC1CCCN(C(=O)CS)C1. The molecule has 1 fully saturated rings. The first-order valence-electron chi connectivity index (χ1n) is 4.36. The lowest BCUT2D eigenvalue weighted by Crippen LogP contribution is -2.42. The minimum absolute atomic E-state index is 0.136. The van der Waals surface area contributed by atoms with E-state index >= 15 is 0 Å². The summed E-state index contributed by atoms with van der Waals surface area (Å²) in [6.45, 7) is 2.40. The molecule has 70 valence electrons. The first-order chi connectivity index (χ1) is 5.77. The Labute approximate surface area is 78.7 Å². The van der Waals surface area contributed by atoms with Gasteiger partial charge in [0.1, 0.15) is 0 Å². The Hall–Kier alpha value is -0.220. The van der Waals surface area contributed by atoms with Crippen molar-refractivity contribution in [1.29, 1.82) is 0 Å². The Morgan fingerprint density at radius 3 is 3.00 bits per heavy atom. The van der Waals surface area contributed by atoms with Gasteiger partial charge in [0.05, 0.1) is 5.75 Å². The van der Waals surface area contributed by atoms with Gasteiger partial charge in [-0.05, 0) is 25.3 Å². The molecule has 0 aliphatic carbocycles. The molecule has 12 heavy (non-hydrogen) atoms. The van der Waals surface area contributed by atoms with E-state index in [1.165, 1.54) is 0 Å². The maximum atomic E-state index is 11.2. The highest BCUT2D eigenvalue weighted by Gasteiger charge is 2.21. The van der Waals surface area contributed by atoms with Gasteiger partial charge in [-0.15, -0.1) is 0 Å². The molecule has 0 saturated carbocycles. The predicted molar refractivity (Wildman–Crippen MR) is 52.2 cm³/mol. The third kappa shape index (κ3) is 2.38. The van der Waals surface area contributed by atoms with E-state index in [-0.39, 0.29) is 5.91 Å². The van der Waals surface area contributed by atoms with Gasteiger partial charge in [-0.25, -0.2) is 0 Å². The molecule has 1 saturated heterocycles. The standard InChI is InChI=1S/C8H16N2OS/c9-4-7-2-1-3-10(5-7)8(11)6-12/h7,12H,1-6,9H2. The molecule has 0 aromatic heterocycles. The van der Waals surface area contributed by atoms with Crippen molar-refractivity contribution in [2.75, 3.05) is 25.4 Å². The number of rotatable bonds is 2. The Morgan fingerprint density at radius 1 is 1.67 bits per heavy atom. The van der Waals surface area contributed by atoms with E-state index in [4.69, 9.17) is 5.73 Å². The zero-order chi connectivity index (χ0) is 8.97. The van der Waals surface area contributed by atoms with Crippen molar-refractivity contribution in [2.24, 2.45) is 11.7 Å². The van der Waals surface area contributed by atoms with E-state index in [2.05, 4.69) is 12.6 Å². The van der Waals surface area contributed by atoms with Crippen LogP contribution in [0.5, 0.6) is 0 Å². The molecule has 1 atom stereocenters. The van der Waals surface area contributed by atoms with Crippen molar-refractivity contribution < 1.29 is 4.79 Å². The first kappa shape index (κ1) is 9.86. The van der Waals surface area contributed by atoms with Crippen LogP contribution in [0.3, 0.4) is 0 Å². The van der Waals surface area contributed by atoms with Crippen molar-refractivity contribution >= 4 is 18.5 Å². The van der Waals surface area contributed by atoms with Gasteiger partial charge in [-0.1, -0.05) is 0 Å². The summed E-state index contributed by atoms with van der Waals surface area (Å²) in [7, 11) is 0. The average molecular weight is 188 g/mol. The summed E-state index contributed by atoms with van der Waals surface area (Å²) in [5.74, 6) is 0.955. The average Bonchev–Trinajstić information content (AvgIpc) is 2.17. The van der Waals surface area contributed by atoms with Crippen LogP contribution < -0.4 is 5.73 Å². The molecule has 1 heterocycles. The number of carbonyl (C=O) groups excluding carboxylic acids is 1. The molecule has 0 aromatic carbocycles. The fourth-order valence-electron chi connectivity index (χ4n) is 1.58. The molecule has 3 nitrogen and oxygen atoms in total. The summed E-state index contributed by atoms with van der Waals surface area (Å²) in [6.07, 6.45) is 2.24. The second kappa shape index (κ2) is 4.72. The molecule has 1 aliphatic heterocycles. The fourth-order valence-corrected chi connectivity index (χ4v) is 1.78. The largest absolute Gasteiger partial charge is 0.342 e. The van der Waals surface area contributed by atoms with E-state index in [1.54, 1.807) is 0 Å². The molecular weight excluding hydrogens is 172 g/mol. The number of thiol groups is 1. The second-order valence-corrected chi connectivity index (χ2v) is 3.56. The van der Waals surface area contributed by atoms with E-state index in [0.29, 0.717) is 18.2 Å². The molecule has 1 rings (SSSR count). The number of nitrogens with zero attached hydrogens (tertiary/aromatic N) is 1. The van der Waals surface area contributed by atoms with Crippen molar-refractivity contribution in [1.82, 2.24) is 4.90 Å². The van der Waals surface area contributed by atoms with Gasteiger partial charge in [-0.2, -0.15) is 12.6 Å². The second-order valence-electron chi connectivity index (χ2n) is 3.24. The lowest BCUT2D eigenvalue weighted by atomic mass is 9.98. The normalized spacial score (nSPS) is 24.2. The minimum Gasteiger partial charge on any atom is -0.342 e. The summed E-state index contributed by atoms with van der Waals surface area (Å²) in [4.78, 5) is 13.1. The molecule has 0 bridgehead atoms. The van der Waals surface area contributed by atoms with Crippen LogP contribution in [0, 0.1) is 5.92 Å². The molecule has 1 amide bonds. The molecule has 2 N–H and O–H groups in total. The van der Waals surface area contributed by atoms with Crippen LogP contribution >= 0.6 is 12.6 Å². The third-order valence-electron chi connectivity index (χ3n) is 2.34. The third-order valence-corrected chi connectivity index (χ3v) is 2.61. The minimum atomic E-state index is 0.136. The van der Waals surface area contributed by atoms with Gasteiger partial charge in [-0.3, -0.25) is 4.79 Å². The smallest absolute Gasteiger partial charge is 0.232 e. The summed E-state index contributed by atoms with van der Waals surface area (Å²) < 4.78 is 0. The first-order valence-corrected chi connectivity index (χ1v) is 5.00. The number of likely N-dealkylation sites (tertiary alicyclic amines) is 1. The Balaban J connectivity index is 2.40. The van der Waals surface area contributed by atoms with Gasteiger partial charge in [0.15, 0.2) is 0 Å². The van der Waals surface area contributed by atoms with Crippen LogP contribution in [-0.2, 0) is 4.79 Å². The highest BCUT2D eigenvalue weighted by molar-refractivity contribution is 7.81. The Morgan fingerprint density at radius 2 is 2.42 bits per heavy atom. The molecule has 0 aromatic rings. The maximum Gasteiger partial charge on any atom is 0.232 e. The van der Waals surface area contributed by atoms with Crippen molar-refractivity contribution in [3.05, 3.63) is 0 Å². The highest BCUT2D eigenvalue weighted by atomic mass is 32.1. The zero-order valence-corrected chi connectivity index (χ0v) is 8.09. The van der Waals surface area contributed by atoms with Gasteiger partial charge in [0.2, 0.25) is 5.91 Å². The number of amides is 1. The summed E-state index contributed by atoms with van der Waals surface area (Å²) in [5.41, 5.74) is 5.55. The van der Waals surface area contributed by atoms with E-state index in [9.17, 15) is 4.79 Å². The molecule has 1 unspecified atom stereocenters. The quantitative estimate of drug-likeness (QED) is 0.604. The molecule has 0 spiro atoms. The van der Waals surface area contributed by atoms with Crippen LogP contribution in [0.1, 0.15) is 12.8 Å². The van der Waals surface area contributed by atoms with Crippen LogP contribution in [0.25, 0.3) is 0 Å². The van der Waals surface area contributed by atoms with Crippen molar-refractivity contribution in [3.8, 4) is 0 Å².